The third-order valence-electron chi connectivity index (χ3n) is 13.8. The van der Waals surface area contributed by atoms with Crippen molar-refractivity contribution in [2.75, 3.05) is 6.61 Å². The highest BCUT2D eigenvalue weighted by atomic mass is 16.3. The van der Waals surface area contributed by atoms with E-state index in [1.165, 1.54) is 57.8 Å². The maximum atomic E-state index is 10.9. The van der Waals surface area contributed by atoms with Crippen LogP contribution in [0, 0.1) is 62.6 Å². The Labute approximate surface area is 198 Å². The molecule has 2 N–H and O–H groups in total. The van der Waals surface area contributed by atoms with E-state index < -0.39 is 0 Å². The molecule has 0 saturated heterocycles. The van der Waals surface area contributed by atoms with Crippen LogP contribution in [0.5, 0.6) is 0 Å². The highest BCUT2D eigenvalue weighted by Gasteiger charge is 2.70. The fourth-order valence-electron chi connectivity index (χ4n) is 11.8. The highest BCUT2D eigenvalue weighted by molar-refractivity contribution is 5.19. The zero-order chi connectivity index (χ0) is 23.3. The van der Waals surface area contributed by atoms with Crippen LogP contribution in [0.1, 0.15) is 113 Å². The highest BCUT2D eigenvalue weighted by Crippen LogP contribution is 2.77. The first-order chi connectivity index (χ1) is 14.9. The fraction of sp³-hybridized carbons (Fsp3) is 1.00. The fourth-order valence-corrected chi connectivity index (χ4v) is 11.8. The summed E-state index contributed by atoms with van der Waals surface area (Å²) in [5.41, 5.74) is 1.40. The van der Waals surface area contributed by atoms with Crippen molar-refractivity contribution in [2.24, 2.45) is 62.6 Å². The van der Waals surface area contributed by atoms with Gasteiger partial charge in [0.05, 0.1) is 6.10 Å². The van der Waals surface area contributed by atoms with Crippen molar-refractivity contribution in [1.82, 2.24) is 0 Å². The van der Waals surface area contributed by atoms with Crippen molar-refractivity contribution in [3.63, 3.8) is 0 Å². The molecule has 5 fully saturated rings. The summed E-state index contributed by atoms with van der Waals surface area (Å²) in [4.78, 5) is 0. The Kier molecular flexibility index (Phi) is 5.34. The third-order valence-corrected chi connectivity index (χ3v) is 13.8. The monoisotopic (exact) mass is 444 g/mol. The van der Waals surface area contributed by atoms with Gasteiger partial charge in [0.2, 0.25) is 0 Å². The van der Waals surface area contributed by atoms with E-state index in [0.717, 1.165) is 36.0 Å². The Hall–Kier alpha value is -0.0800. The van der Waals surface area contributed by atoms with Crippen molar-refractivity contribution in [1.29, 1.82) is 0 Å². The average Bonchev–Trinajstić information content (AvgIpc) is 3.12. The van der Waals surface area contributed by atoms with Crippen molar-refractivity contribution in [3.05, 3.63) is 0 Å². The molecule has 5 aliphatic rings. The molecule has 5 rings (SSSR count). The van der Waals surface area contributed by atoms with Gasteiger partial charge in [0.15, 0.2) is 0 Å². The van der Waals surface area contributed by atoms with Crippen LogP contribution in [0.2, 0.25) is 0 Å². The smallest absolute Gasteiger partial charge is 0.0594 e. The minimum absolute atomic E-state index is 0.0406. The minimum Gasteiger partial charge on any atom is -0.396 e. The predicted molar refractivity (Wildman–Crippen MR) is 132 cm³/mol. The van der Waals surface area contributed by atoms with Gasteiger partial charge in [-0.05, 0) is 127 Å². The lowest BCUT2D eigenvalue weighted by molar-refractivity contribution is -0.251. The van der Waals surface area contributed by atoms with Gasteiger partial charge in [-0.15, -0.1) is 0 Å². The van der Waals surface area contributed by atoms with Gasteiger partial charge in [0, 0.05) is 6.61 Å². The maximum Gasteiger partial charge on any atom is 0.0594 e. The summed E-state index contributed by atoms with van der Waals surface area (Å²) in [6.07, 6.45) is 12.6. The molecular weight excluding hydrogens is 392 g/mol. The van der Waals surface area contributed by atoms with E-state index in [2.05, 4.69) is 48.5 Å². The molecule has 32 heavy (non-hydrogen) atoms. The number of aliphatic hydroxyl groups excluding tert-OH is 2. The zero-order valence-corrected chi connectivity index (χ0v) is 22.2. The molecule has 0 amide bonds. The van der Waals surface area contributed by atoms with Gasteiger partial charge in [0.25, 0.3) is 0 Å². The van der Waals surface area contributed by atoms with Crippen LogP contribution < -0.4 is 0 Å². The maximum absolute atomic E-state index is 10.9. The second kappa shape index (κ2) is 7.22. The lowest BCUT2D eigenvalue weighted by atomic mass is 9.32. The molecule has 0 unspecified atom stereocenters. The molecule has 5 saturated carbocycles. The van der Waals surface area contributed by atoms with Crippen LogP contribution in [0.3, 0.4) is 0 Å². The van der Waals surface area contributed by atoms with E-state index in [0.29, 0.717) is 28.8 Å². The van der Waals surface area contributed by atoms with Gasteiger partial charge in [-0.25, -0.2) is 0 Å². The van der Waals surface area contributed by atoms with Crippen molar-refractivity contribution in [2.45, 2.75) is 119 Å². The second-order valence-corrected chi connectivity index (χ2v) is 15.0. The van der Waals surface area contributed by atoms with Crippen LogP contribution >= 0.6 is 0 Å². The molecule has 184 valence electrons. The molecule has 0 aromatic heterocycles. The second-order valence-electron chi connectivity index (χ2n) is 15.0. The van der Waals surface area contributed by atoms with Gasteiger partial charge in [-0.2, -0.15) is 0 Å². The Balaban J connectivity index is 1.54. The van der Waals surface area contributed by atoms with E-state index >= 15 is 0 Å². The van der Waals surface area contributed by atoms with E-state index in [1.807, 2.05) is 0 Å². The molecule has 2 heteroatoms. The summed E-state index contributed by atoms with van der Waals surface area (Å²) in [5, 5.41) is 21.6. The number of hydrogen-bond donors (Lipinski definition) is 2. The third kappa shape index (κ3) is 2.72. The van der Waals surface area contributed by atoms with Gasteiger partial charge < -0.3 is 10.2 Å². The van der Waals surface area contributed by atoms with E-state index in [-0.39, 0.29) is 16.9 Å². The Morgan fingerprint density at radius 1 is 0.750 bits per heavy atom. The summed E-state index contributed by atoms with van der Waals surface area (Å²) < 4.78 is 0. The largest absolute Gasteiger partial charge is 0.396 e. The van der Waals surface area contributed by atoms with Gasteiger partial charge in [-0.3, -0.25) is 0 Å². The molecular formula is C30H52O2. The standard InChI is InChI=1S/C30H52O2/c1-19(2)20-10-15-30(18-31)17-16-28(6)21(25(20)30)8-9-23-27(5)13-12-24(32)26(3,4)22(27)11-14-29(23,28)7/h19-25,31-32H,8-18H2,1-7H3/t20-,21-,22+,23+,24-,25-,27-,28+,29+,30+/m0/s1. The Bertz CT molecular complexity index is 743. The Morgan fingerprint density at radius 2 is 1.47 bits per heavy atom. The normalized spacial score (nSPS) is 56.8. The van der Waals surface area contributed by atoms with E-state index in [1.54, 1.807) is 0 Å². The molecule has 0 aromatic rings. The van der Waals surface area contributed by atoms with Crippen molar-refractivity contribution < 1.29 is 10.2 Å². The molecule has 0 heterocycles. The van der Waals surface area contributed by atoms with Crippen LogP contribution in [0.25, 0.3) is 0 Å². The van der Waals surface area contributed by atoms with E-state index in [9.17, 15) is 10.2 Å². The lowest BCUT2D eigenvalue weighted by Crippen LogP contribution is -2.66. The number of aliphatic hydroxyl groups is 2. The van der Waals surface area contributed by atoms with E-state index in [4.69, 9.17) is 0 Å². The summed E-state index contributed by atoms with van der Waals surface area (Å²) in [6, 6.07) is 0. The molecule has 10 atom stereocenters. The SMILES string of the molecule is CC(C)[C@@H]1CC[C@]2(CO)CC[C@]3(C)[C@@H](CC[C@@H]4[C@@]5(C)CC[C@H](O)C(C)(C)[C@H]5CC[C@]43C)[C@H]12. The van der Waals surface area contributed by atoms with Crippen LogP contribution in [0.15, 0.2) is 0 Å². The molecule has 0 aliphatic heterocycles. The Morgan fingerprint density at radius 3 is 2.12 bits per heavy atom. The first kappa shape index (κ1) is 23.7. The van der Waals surface area contributed by atoms with Crippen LogP contribution in [-0.2, 0) is 0 Å². The van der Waals surface area contributed by atoms with Crippen LogP contribution in [0.4, 0.5) is 0 Å². The first-order valence-electron chi connectivity index (χ1n) is 14.2. The zero-order valence-electron chi connectivity index (χ0n) is 22.2. The van der Waals surface area contributed by atoms with Crippen molar-refractivity contribution >= 4 is 0 Å². The minimum atomic E-state index is -0.137. The molecule has 5 aliphatic carbocycles. The molecule has 0 bridgehead atoms. The molecule has 0 spiro atoms. The van der Waals surface area contributed by atoms with Gasteiger partial charge in [-0.1, -0.05) is 48.5 Å². The first-order valence-corrected chi connectivity index (χ1v) is 14.2. The predicted octanol–water partition coefficient (Wildman–Crippen LogP) is 7.08. The van der Waals surface area contributed by atoms with Gasteiger partial charge in [0.1, 0.15) is 0 Å². The summed E-state index contributed by atoms with van der Waals surface area (Å²) >= 11 is 0. The summed E-state index contributed by atoms with van der Waals surface area (Å²) in [5.74, 6) is 4.45. The number of rotatable bonds is 2. The number of hydrogen-bond acceptors (Lipinski definition) is 2. The average molecular weight is 445 g/mol. The van der Waals surface area contributed by atoms with Crippen molar-refractivity contribution in [3.8, 4) is 0 Å². The lowest BCUT2D eigenvalue weighted by Gasteiger charge is -2.73. The summed E-state index contributed by atoms with van der Waals surface area (Å²) in [7, 11) is 0. The molecule has 0 aromatic carbocycles. The molecule has 0 radical (unpaired) electrons. The number of fused-ring (bicyclic) bond motifs is 7. The summed E-state index contributed by atoms with van der Waals surface area (Å²) in [6.45, 7) is 18.1. The quantitative estimate of drug-likeness (QED) is 0.478. The van der Waals surface area contributed by atoms with Crippen LogP contribution in [-0.4, -0.2) is 22.9 Å². The topological polar surface area (TPSA) is 40.5 Å². The van der Waals surface area contributed by atoms with Gasteiger partial charge >= 0.3 is 0 Å². The molecule has 2 nitrogen and oxygen atoms in total.